The number of nitrogens with zero attached hydrogens (tertiary/aromatic N) is 1. The summed E-state index contributed by atoms with van der Waals surface area (Å²) in [5, 5.41) is 12.9. The first-order valence-corrected chi connectivity index (χ1v) is 13.7. The van der Waals surface area contributed by atoms with E-state index in [2.05, 4.69) is 10.1 Å². The first-order valence-electron chi connectivity index (χ1n) is 12.2. The molecule has 0 spiro atoms. The standard InChI is InChI=1S/C26H32N3O9P/c1-18(25(32)35-16-21-10-6-4-7-11-21)28-39(34,38-22-12-8-5-9-13-22)36-17-23(19(2)30)37-20(3)29-15-14-24(31)27-26(29)33/h4-15,18-20,23,30H,16-17H2,1-3H3,(H,28,34)(H,27,31,33)/t18-,19+,20-,23-,39?/m1/s1. The van der Waals surface area contributed by atoms with Gasteiger partial charge in [0.25, 0.3) is 5.56 Å². The molecule has 12 nitrogen and oxygen atoms in total. The van der Waals surface area contributed by atoms with Crippen LogP contribution < -0.4 is 20.9 Å². The van der Waals surface area contributed by atoms with Crippen LogP contribution in [0, 0.1) is 0 Å². The van der Waals surface area contributed by atoms with Gasteiger partial charge in [0.15, 0.2) is 0 Å². The summed E-state index contributed by atoms with van der Waals surface area (Å²) < 4.78 is 37.2. The molecule has 3 aromatic rings. The number of aliphatic hydroxyl groups is 1. The Morgan fingerprint density at radius 2 is 1.67 bits per heavy atom. The van der Waals surface area contributed by atoms with Crippen LogP contribution in [0.2, 0.25) is 0 Å². The summed E-state index contributed by atoms with van der Waals surface area (Å²) in [6.45, 7) is 3.99. The molecule has 210 valence electrons. The number of aromatic amines is 1. The van der Waals surface area contributed by atoms with Crippen molar-refractivity contribution in [2.24, 2.45) is 0 Å². The molecule has 0 aliphatic carbocycles. The lowest BCUT2D eigenvalue weighted by molar-refractivity contribution is -0.146. The maximum Gasteiger partial charge on any atom is 0.459 e. The second-order valence-electron chi connectivity index (χ2n) is 8.67. The van der Waals surface area contributed by atoms with Crippen LogP contribution in [0.15, 0.2) is 82.5 Å². The first-order chi connectivity index (χ1) is 18.6. The number of nitrogens with one attached hydrogen (secondary N) is 2. The normalized spacial score (nSPS) is 15.9. The average Bonchev–Trinajstić information content (AvgIpc) is 2.90. The van der Waals surface area contributed by atoms with Gasteiger partial charge in [-0.25, -0.2) is 9.36 Å². The fourth-order valence-corrected chi connectivity index (χ4v) is 4.85. The van der Waals surface area contributed by atoms with Crippen LogP contribution in [-0.4, -0.2) is 45.5 Å². The van der Waals surface area contributed by atoms with Crippen LogP contribution in [0.3, 0.4) is 0 Å². The molecule has 1 aromatic heterocycles. The van der Waals surface area contributed by atoms with E-state index in [0.717, 1.165) is 16.2 Å². The molecule has 3 N–H and O–H groups in total. The third-order valence-electron chi connectivity index (χ3n) is 5.46. The number of hydrogen-bond acceptors (Lipinski definition) is 9. The van der Waals surface area contributed by atoms with Gasteiger partial charge in [-0.05, 0) is 38.5 Å². The Labute approximate surface area is 225 Å². The van der Waals surface area contributed by atoms with Crippen LogP contribution in [-0.2, 0) is 30.0 Å². The molecule has 0 saturated carbocycles. The zero-order valence-electron chi connectivity index (χ0n) is 21.8. The van der Waals surface area contributed by atoms with Gasteiger partial charge in [-0.3, -0.25) is 23.7 Å². The largest absolute Gasteiger partial charge is 0.460 e. The van der Waals surface area contributed by atoms with E-state index in [9.17, 15) is 24.1 Å². The molecular formula is C26H32N3O9P. The number of ether oxygens (including phenoxy) is 2. The van der Waals surface area contributed by atoms with Crippen LogP contribution in [0.1, 0.15) is 32.6 Å². The minimum absolute atomic E-state index is 0.0242. The van der Waals surface area contributed by atoms with Crippen molar-refractivity contribution in [2.75, 3.05) is 6.61 Å². The number of benzene rings is 2. The van der Waals surface area contributed by atoms with Gasteiger partial charge in [0.05, 0.1) is 12.7 Å². The first kappa shape index (κ1) is 30.0. The lowest BCUT2D eigenvalue weighted by Gasteiger charge is -2.28. The molecule has 0 aliphatic heterocycles. The van der Waals surface area contributed by atoms with E-state index in [1.165, 1.54) is 27.0 Å². The Hall–Kier alpha value is -3.54. The van der Waals surface area contributed by atoms with Crippen molar-refractivity contribution in [3.63, 3.8) is 0 Å². The third kappa shape index (κ3) is 9.31. The summed E-state index contributed by atoms with van der Waals surface area (Å²) in [6, 6.07) is 17.3. The van der Waals surface area contributed by atoms with E-state index in [0.29, 0.717) is 0 Å². The highest BCUT2D eigenvalue weighted by Crippen LogP contribution is 2.45. The number of aromatic nitrogens is 2. The quantitative estimate of drug-likeness (QED) is 0.197. The Morgan fingerprint density at radius 1 is 1.03 bits per heavy atom. The number of aliphatic hydroxyl groups excluding tert-OH is 1. The highest BCUT2D eigenvalue weighted by atomic mass is 31.2. The van der Waals surface area contributed by atoms with Gasteiger partial charge in [0, 0.05) is 12.3 Å². The molecule has 3 rings (SSSR count). The number of H-pyrrole nitrogens is 1. The summed E-state index contributed by atoms with van der Waals surface area (Å²) in [7, 11) is -4.23. The molecule has 0 amide bonds. The second-order valence-corrected chi connectivity index (χ2v) is 10.4. The van der Waals surface area contributed by atoms with E-state index in [-0.39, 0.29) is 12.4 Å². The minimum Gasteiger partial charge on any atom is -0.460 e. The molecule has 13 heteroatoms. The fourth-order valence-electron chi connectivity index (χ4n) is 3.35. The Morgan fingerprint density at radius 3 is 2.28 bits per heavy atom. The molecule has 0 aliphatic rings. The fraction of sp³-hybridized carbons (Fsp3) is 0.346. The zero-order chi connectivity index (χ0) is 28.4. The minimum atomic E-state index is -4.23. The summed E-state index contributed by atoms with van der Waals surface area (Å²) >= 11 is 0. The van der Waals surface area contributed by atoms with Gasteiger partial charge in [0.2, 0.25) is 0 Å². The molecule has 0 bridgehead atoms. The molecule has 0 radical (unpaired) electrons. The van der Waals surface area contributed by atoms with Crippen LogP contribution in [0.4, 0.5) is 0 Å². The lowest BCUT2D eigenvalue weighted by atomic mass is 10.2. The number of hydrogen-bond donors (Lipinski definition) is 3. The molecule has 2 aromatic carbocycles. The van der Waals surface area contributed by atoms with E-state index in [1.54, 1.807) is 42.5 Å². The number of esters is 1. The second kappa shape index (κ2) is 14.0. The maximum absolute atomic E-state index is 13.8. The topological polar surface area (TPSA) is 158 Å². The van der Waals surface area contributed by atoms with Gasteiger partial charge >= 0.3 is 19.4 Å². The highest BCUT2D eigenvalue weighted by Gasteiger charge is 2.34. The number of para-hydroxylation sites is 1. The van der Waals surface area contributed by atoms with Crippen LogP contribution in [0.5, 0.6) is 5.75 Å². The van der Waals surface area contributed by atoms with Gasteiger partial charge < -0.3 is 19.1 Å². The highest BCUT2D eigenvalue weighted by molar-refractivity contribution is 7.52. The van der Waals surface area contributed by atoms with Crippen LogP contribution in [0.25, 0.3) is 0 Å². The van der Waals surface area contributed by atoms with Gasteiger partial charge in [-0.2, -0.15) is 5.09 Å². The van der Waals surface area contributed by atoms with E-state index >= 15 is 0 Å². The Kier molecular flexibility index (Phi) is 10.8. The summed E-state index contributed by atoms with van der Waals surface area (Å²) in [6.07, 6.45) is -1.87. The van der Waals surface area contributed by atoms with E-state index in [4.69, 9.17) is 18.5 Å². The van der Waals surface area contributed by atoms with Crippen molar-refractivity contribution in [3.05, 3.63) is 99.3 Å². The van der Waals surface area contributed by atoms with Crippen molar-refractivity contribution >= 4 is 13.7 Å². The van der Waals surface area contributed by atoms with Crippen molar-refractivity contribution < 1.29 is 33.0 Å². The zero-order valence-corrected chi connectivity index (χ0v) is 22.7. The van der Waals surface area contributed by atoms with Gasteiger partial charge in [-0.1, -0.05) is 48.5 Å². The van der Waals surface area contributed by atoms with Gasteiger partial charge in [0.1, 0.15) is 30.7 Å². The SMILES string of the molecule is C[C@H](O)[C@@H](COP(=O)(N[C@H](C)C(=O)OCc1ccccc1)Oc1ccccc1)O[C@H](C)n1ccc(=O)[nH]c1=O. The maximum atomic E-state index is 13.8. The molecular weight excluding hydrogens is 529 g/mol. The number of rotatable bonds is 14. The lowest BCUT2D eigenvalue weighted by Crippen LogP contribution is -2.39. The molecule has 0 fully saturated rings. The Balaban J connectivity index is 1.71. The van der Waals surface area contributed by atoms with Crippen molar-refractivity contribution in [1.29, 1.82) is 0 Å². The number of carbonyl (C=O) groups is 1. The summed E-state index contributed by atoms with van der Waals surface area (Å²) in [5.74, 6) is -0.477. The molecule has 5 atom stereocenters. The Bertz CT molecular complexity index is 1360. The number of carbonyl (C=O) groups excluding carboxylic acids is 1. The molecule has 39 heavy (non-hydrogen) atoms. The van der Waals surface area contributed by atoms with Crippen molar-refractivity contribution in [3.8, 4) is 5.75 Å². The molecule has 1 heterocycles. The van der Waals surface area contributed by atoms with E-state index < -0.39 is 56.0 Å². The predicted octanol–water partition coefficient (Wildman–Crippen LogP) is 2.75. The van der Waals surface area contributed by atoms with Crippen LogP contribution >= 0.6 is 7.75 Å². The molecule has 0 saturated heterocycles. The monoisotopic (exact) mass is 561 g/mol. The third-order valence-corrected chi connectivity index (χ3v) is 7.10. The molecule has 1 unspecified atom stereocenters. The van der Waals surface area contributed by atoms with Gasteiger partial charge in [-0.15, -0.1) is 0 Å². The smallest absolute Gasteiger partial charge is 0.459 e. The summed E-state index contributed by atoms with van der Waals surface area (Å²) in [5.41, 5.74) is -0.492. The van der Waals surface area contributed by atoms with E-state index in [1.807, 2.05) is 18.2 Å². The predicted molar refractivity (Wildman–Crippen MR) is 142 cm³/mol. The average molecular weight is 562 g/mol. The van der Waals surface area contributed by atoms with Crippen molar-refractivity contribution in [2.45, 2.75) is 51.9 Å². The summed E-state index contributed by atoms with van der Waals surface area (Å²) in [4.78, 5) is 38.2. The van der Waals surface area contributed by atoms with Crippen molar-refractivity contribution in [1.82, 2.24) is 14.6 Å².